The number of likely N-dealkylation sites (tertiary alicyclic amines) is 1. The number of rotatable bonds is 3. The average Bonchev–Trinajstić information content (AvgIpc) is 2.92. The fourth-order valence-electron chi connectivity index (χ4n) is 3.58. The Labute approximate surface area is 124 Å². The molecule has 1 heterocycles. The Morgan fingerprint density at radius 2 is 1.81 bits per heavy atom. The Morgan fingerprint density at radius 3 is 2.38 bits per heavy atom. The Kier molecular flexibility index (Phi) is 3.35. The Bertz CT molecular complexity index is 575. The number of carbonyl (C=O) groups excluding carboxylic acids is 2. The molecule has 2 fully saturated rings. The van der Waals surface area contributed by atoms with Gasteiger partial charge in [-0.05, 0) is 36.5 Å². The molecule has 5 heteroatoms. The van der Waals surface area contributed by atoms with Gasteiger partial charge < -0.3 is 10.5 Å². The standard InChI is InChI=1S/C16H20N2O3/c1-9-3-13-14(4-9)16(20)18(15(13)19)8-10-5-11(17)7-12(6-10)21-2/h5-7,9,13-14H,3-4,8,17H2,1-2H3. The topological polar surface area (TPSA) is 72.6 Å². The van der Waals surface area contributed by atoms with Crippen LogP contribution in [0.2, 0.25) is 0 Å². The number of imide groups is 1. The molecule has 1 aliphatic carbocycles. The lowest BCUT2D eigenvalue weighted by molar-refractivity contribution is -0.141. The first-order valence-electron chi connectivity index (χ1n) is 7.28. The van der Waals surface area contributed by atoms with Gasteiger partial charge in [0.25, 0.3) is 0 Å². The van der Waals surface area contributed by atoms with E-state index in [4.69, 9.17) is 10.5 Å². The van der Waals surface area contributed by atoms with E-state index in [1.54, 1.807) is 19.2 Å². The zero-order chi connectivity index (χ0) is 15.1. The Balaban J connectivity index is 1.81. The number of carbonyl (C=O) groups is 2. The number of hydrogen-bond acceptors (Lipinski definition) is 4. The monoisotopic (exact) mass is 288 g/mol. The summed E-state index contributed by atoms with van der Waals surface area (Å²) < 4.78 is 5.17. The van der Waals surface area contributed by atoms with Crippen LogP contribution in [0, 0.1) is 17.8 Å². The van der Waals surface area contributed by atoms with E-state index in [0.29, 0.717) is 17.4 Å². The molecule has 2 aliphatic rings. The lowest BCUT2D eigenvalue weighted by Gasteiger charge is -2.17. The van der Waals surface area contributed by atoms with Crippen molar-refractivity contribution in [3.8, 4) is 5.75 Å². The van der Waals surface area contributed by atoms with Crippen molar-refractivity contribution in [2.24, 2.45) is 17.8 Å². The molecule has 3 rings (SSSR count). The maximum Gasteiger partial charge on any atom is 0.233 e. The van der Waals surface area contributed by atoms with Crippen LogP contribution >= 0.6 is 0 Å². The highest BCUT2D eigenvalue weighted by atomic mass is 16.5. The summed E-state index contributed by atoms with van der Waals surface area (Å²) in [5.74, 6) is 0.804. The lowest BCUT2D eigenvalue weighted by Crippen LogP contribution is -2.31. The summed E-state index contributed by atoms with van der Waals surface area (Å²) in [5, 5.41) is 0. The quantitative estimate of drug-likeness (QED) is 0.680. The number of methoxy groups -OCH3 is 1. The molecule has 2 amide bonds. The highest BCUT2D eigenvalue weighted by molar-refractivity contribution is 6.05. The zero-order valence-corrected chi connectivity index (χ0v) is 12.3. The van der Waals surface area contributed by atoms with Crippen molar-refractivity contribution in [2.75, 3.05) is 12.8 Å². The Hall–Kier alpha value is -2.04. The summed E-state index contributed by atoms with van der Waals surface area (Å²) in [6, 6.07) is 5.31. The van der Waals surface area contributed by atoms with Crippen molar-refractivity contribution in [1.82, 2.24) is 4.90 Å². The van der Waals surface area contributed by atoms with E-state index in [1.165, 1.54) is 4.90 Å². The number of anilines is 1. The smallest absolute Gasteiger partial charge is 0.233 e. The van der Waals surface area contributed by atoms with Crippen molar-refractivity contribution >= 4 is 17.5 Å². The van der Waals surface area contributed by atoms with E-state index in [-0.39, 0.29) is 30.2 Å². The van der Waals surface area contributed by atoms with Crippen LogP contribution in [0.4, 0.5) is 5.69 Å². The fraction of sp³-hybridized carbons (Fsp3) is 0.500. The van der Waals surface area contributed by atoms with Crippen LogP contribution in [0.1, 0.15) is 25.3 Å². The third-order valence-corrected chi connectivity index (χ3v) is 4.53. The van der Waals surface area contributed by atoms with E-state index in [9.17, 15) is 9.59 Å². The van der Waals surface area contributed by atoms with Crippen LogP contribution in [0.5, 0.6) is 5.75 Å². The fourth-order valence-corrected chi connectivity index (χ4v) is 3.58. The number of fused-ring (bicyclic) bond motifs is 1. The first-order valence-corrected chi connectivity index (χ1v) is 7.28. The van der Waals surface area contributed by atoms with Gasteiger partial charge in [-0.15, -0.1) is 0 Å². The number of nitrogens with zero attached hydrogens (tertiary/aromatic N) is 1. The summed E-state index contributed by atoms with van der Waals surface area (Å²) in [5.41, 5.74) is 7.21. The first kappa shape index (κ1) is 13.9. The maximum atomic E-state index is 12.4. The second-order valence-corrected chi connectivity index (χ2v) is 6.17. The van der Waals surface area contributed by atoms with Crippen molar-refractivity contribution in [3.05, 3.63) is 23.8 Å². The molecule has 0 bridgehead atoms. The minimum absolute atomic E-state index is 0.0317. The largest absolute Gasteiger partial charge is 0.497 e. The number of benzene rings is 1. The highest BCUT2D eigenvalue weighted by Gasteiger charge is 2.51. The summed E-state index contributed by atoms with van der Waals surface area (Å²) >= 11 is 0. The van der Waals surface area contributed by atoms with Crippen molar-refractivity contribution in [3.63, 3.8) is 0 Å². The molecule has 1 saturated heterocycles. The summed E-state index contributed by atoms with van der Waals surface area (Å²) in [6.45, 7) is 2.38. The van der Waals surface area contributed by atoms with E-state index in [1.807, 2.05) is 6.07 Å². The third kappa shape index (κ3) is 2.37. The molecule has 2 unspecified atom stereocenters. The number of amides is 2. The van der Waals surface area contributed by atoms with Crippen LogP contribution in [0.15, 0.2) is 18.2 Å². The van der Waals surface area contributed by atoms with Gasteiger partial charge in [-0.2, -0.15) is 0 Å². The Morgan fingerprint density at radius 1 is 1.19 bits per heavy atom. The molecule has 1 aliphatic heterocycles. The van der Waals surface area contributed by atoms with E-state index in [2.05, 4.69) is 6.92 Å². The van der Waals surface area contributed by atoms with Gasteiger partial charge in [-0.1, -0.05) is 6.92 Å². The van der Waals surface area contributed by atoms with Gasteiger partial charge in [-0.25, -0.2) is 0 Å². The van der Waals surface area contributed by atoms with Crippen LogP contribution in [0.25, 0.3) is 0 Å². The van der Waals surface area contributed by atoms with Crippen molar-refractivity contribution in [1.29, 1.82) is 0 Å². The third-order valence-electron chi connectivity index (χ3n) is 4.53. The van der Waals surface area contributed by atoms with Crippen LogP contribution in [-0.4, -0.2) is 23.8 Å². The zero-order valence-electron chi connectivity index (χ0n) is 12.3. The van der Waals surface area contributed by atoms with Crippen LogP contribution in [-0.2, 0) is 16.1 Å². The molecule has 2 atom stereocenters. The van der Waals surface area contributed by atoms with Crippen molar-refractivity contribution < 1.29 is 14.3 Å². The SMILES string of the molecule is COc1cc(N)cc(CN2C(=O)C3CC(C)CC3C2=O)c1. The molecular weight excluding hydrogens is 268 g/mol. The molecular formula is C16H20N2O3. The molecule has 1 aromatic carbocycles. The van der Waals surface area contributed by atoms with Gasteiger partial charge in [0.05, 0.1) is 25.5 Å². The molecule has 1 saturated carbocycles. The first-order chi connectivity index (χ1) is 9.99. The summed E-state index contributed by atoms with van der Waals surface area (Å²) in [4.78, 5) is 26.2. The van der Waals surface area contributed by atoms with Crippen LogP contribution in [0.3, 0.4) is 0 Å². The predicted molar refractivity (Wildman–Crippen MR) is 78.3 cm³/mol. The van der Waals surface area contributed by atoms with E-state index >= 15 is 0 Å². The van der Waals surface area contributed by atoms with Gasteiger partial charge in [0, 0.05) is 11.8 Å². The number of nitrogens with two attached hydrogens (primary N) is 1. The minimum Gasteiger partial charge on any atom is -0.497 e. The average molecular weight is 288 g/mol. The van der Waals surface area contributed by atoms with Crippen LogP contribution < -0.4 is 10.5 Å². The maximum absolute atomic E-state index is 12.4. The normalized spacial score (nSPS) is 28.1. The summed E-state index contributed by atoms with van der Waals surface area (Å²) in [6.07, 6.45) is 1.65. The molecule has 0 aromatic heterocycles. The van der Waals surface area contributed by atoms with Gasteiger partial charge in [0.2, 0.25) is 11.8 Å². The van der Waals surface area contributed by atoms with Crippen molar-refractivity contribution in [2.45, 2.75) is 26.3 Å². The molecule has 2 N–H and O–H groups in total. The van der Waals surface area contributed by atoms with E-state index < -0.39 is 0 Å². The number of hydrogen-bond donors (Lipinski definition) is 1. The van der Waals surface area contributed by atoms with Gasteiger partial charge in [-0.3, -0.25) is 14.5 Å². The number of ether oxygens (including phenoxy) is 1. The molecule has 0 spiro atoms. The predicted octanol–water partition coefficient (Wildman–Crippen LogP) is 1.81. The van der Waals surface area contributed by atoms with Gasteiger partial charge in [0.15, 0.2) is 0 Å². The molecule has 5 nitrogen and oxygen atoms in total. The minimum atomic E-state index is -0.115. The number of nitrogen functional groups attached to an aromatic ring is 1. The molecule has 112 valence electrons. The van der Waals surface area contributed by atoms with E-state index in [0.717, 1.165) is 18.4 Å². The summed E-state index contributed by atoms with van der Waals surface area (Å²) in [7, 11) is 1.57. The molecule has 21 heavy (non-hydrogen) atoms. The second kappa shape index (κ2) is 5.06. The molecule has 0 radical (unpaired) electrons. The highest BCUT2D eigenvalue weighted by Crippen LogP contribution is 2.43. The second-order valence-electron chi connectivity index (χ2n) is 6.17. The van der Waals surface area contributed by atoms with Gasteiger partial charge in [0.1, 0.15) is 5.75 Å². The lowest BCUT2D eigenvalue weighted by atomic mass is 10.00. The van der Waals surface area contributed by atoms with Gasteiger partial charge >= 0.3 is 0 Å². The molecule has 1 aromatic rings.